The molecule has 41 heavy (non-hydrogen) atoms. The number of aryl methyl sites for hydroxylation is 1. The highest BCUT2D eigenvalue weighted by Crippen LogP contribution is 2.75. The molecule has 0 radical (unpaired) electrons. The van der Waals surface area contributed by atoms with Crippen LogP contribution in [0.3, 0.4) is 0 Å². The highest BCUT2D eigenvalue weighted by atomic mass is 31.1. The summed E-state index contributed by atoms with van der Waals surface area (Å²) in [5, 5.41) is 39.4. The van der Waals surface area contributed by atoms with Crippen molar-refractivity contribution in [2.75, 3.05) is 25.6 Å². The smallest absolute Gasteiger partial charge is 0.277 e. The number of hydrogen-bond donors (Lipinski definition) is 5. The van der Waals surface area contributed by atoms with Gasteiger partial charge in [0.1, 0.15) is 23.1 Å². The van der Waals surface area contributed by atoms with E-state index in [4.69, 9.17) is 10.3 Å². The number of allylic oxidation sites excluding steroid dienone is 2. The minimum atomic E-state index is -1.04. The van der Waals surface area contributed by atoms with E-state index in [0.717, 1.165) is 6.07 Å². The Hall–Kier alpha value is -3.76. The van der Waals surface area contributed by atoms with Gasteiger partial charge in [0.2, 0.25) is 5.91 Å². The Morgan fingerprint density at radius 1 is 1.27 bits per heavy atom. The van der Waals surface area contributed by atoms with Crippen molar-refractivity contribution >= 4 is 31.9 Å². The first-order valence-corrected chi connectivity index (χ1v) is 14.4. The van der Waals surface area contributed by atoms with Gasteiger partial charge in [0.25, 0.3) is 5.91 Å². The van der Waals surface area contributed by atoms with Crippen LogP contribution < -0.4 is 11.1 Å². The maximum absolute atomic E-state index is 15.5. The average molecular weight is 585 g/mol. The van der Waals surface area contributed by atoms with Gasteiger partial charge < -0.3 is 30.9 Å². The van der Waals surface area contributed by atoms with Crippen LogP contribution >= 0.6 is 8.58 Å². The van der Waals surface area contributed by atoms with Crippen molar-refractivity contribution < 1.29 is 38.6 Å². The number of ketones is 1. The van der Waals surface area contributed by atoms with Crippen LogP contribution in [0.2, 0.25) is 0 Å². The summed E-state index contributed by atoms with van der Waals surface area (Å²) < 4.78 is 20.4. The number of likely N-dealkylation sites (N-methyl/N-ethyl adjacent to an activating group) is 1. The summed E-state index contributed by atoms with van der Waals surface area (Å²) >= 11 is 0. The molecule has 2 aromatic rings. The topological polar surface area (TPSA) is 179 Å². The number of benzene rings is 1. The van der Waals surface area contributed by atoms with Crippen LogP contribution in [0.15, 0.2) is 39.3 Å². The van der Waals surface area contributed by atoms with E-state index in [1.807, 2.05) is 0 Å². The molecule has 1 saturated heterocycles. The number of phenolic OH excluding ortho intramolecular Hbond substituents is 1. The van der Waals surface area contributed by atoms with Crippen molar-refractivity contribution in [1.29, 1.82) is 0 Å². The van der Waals surface area contributed by atoms with Crippen molar-refractivity contribution in [2.24, 2.45) is 23.0 Å². The van der Waals surface area contributed by atoms with Crippen LogP contribution in [-0.2, 0) is 11.2 Å². The molecule has 1 aromatic carbocycles. The third kappa shape index (κ3) is 3.43. The lowest BCUT2D eigenvalue weighted by Crippen LogP contribution is -2.70. The van der Waals surface area contributed by atoms with Gasteiger partial charge in [-0.2, -0.15) is 0 Å². The number of fused-ring (bicyclic) bond motifs is 2. The number of nitrogens with two attached hydrogens (primary N) is 1. The molecule has 6 rings (SSSR count). The quantitative estimate of drug-likeness (QED) is 0.267. The van der Waals surface area contributed by atoms with Gasteiger partial charge in [-0.05, 0) is 51.9 Å². The highest BCUT2D eigenvalue weighted by molar-refractivity contribution is 7.42. The van der Waals surface area contributed by atoms with Crippen LogP contribution in [-0.4, -0.2) is 74.4 Å². The third-order valence-electron chi connectivity index (χ3n) is 9.38. The van der Waals surface area contributed by atoms with Crippen LogP contribution in [0.25, 0.3) is 0 Å². The number of Topliss-reactive ketones (excluding diaryl/α,β-unsaturated/α-hetero) is 1. The van der Waals surface area contributed by atoms with Crippen molar-refractivity contribution in [3.8, 4) is 5.75 Å². The Bertz CT molecular complexity index is 1630. The first-order chi connectivity index (χ1) is 19.2. The Morgan fingerprint density at radius 2 is 1.98 bits per heavy atom. The number of nitrogens with one attached hydrogen (secondary N) is 1. The van der Waals surface area contributed by atoms with E-state index in [9.17, 15) is 29.7 Å². The van der Waals surface area contributed by atoms with Gasteiger partial charge in [0, 0.05) is 28.7 Å². The van der Waals surface area contributed by atoms with Gasteiger partial charge in [-0.3, -0.25) is 19.3 Å². The number of aromatic nitrogens is 1. The van der Waals surface area contributed by atoms with E-state index in [2.05, 4.69) is 10.5 Å². The molecule has 1 fully saturated rings. The van der Waals surface area contributed by atoms with E-state index >= 15 is 4.39 Å². The van der Waals surface area contributed by atoms with Gasteiger partial charge in [-0.25, -0.2) is 4.39 Å². The van der Waals surface area contributed by atoms with Crippen LogP contribution in [0.5, 0.6) is 5.75 Å². The molecule has 0 saturated carbocycles. The summed E-state index contributed by atoms with van der Waals surface area (Å²) in [6, 6.07) is 1.66. The molecule has 13 heteroatoms. The minimum Gasteiger partial charge on any atom is -0.511 e. The predicted octanol–water partition coefficient (Wildman–Crippen LogP) is 2.95. The number of aliphatic hydroxyl groups is 2. The van der Waals surface area contributed by atoms with Crippen molar-refractivity contribution in [3.05, 3.63) is 63.2 Å². The number of amides is 2. The van der Waals surface area contributed by atoms with E-state index in [-0.39, 0.29) is 66.1 Å². The number of carbonyl (C=O) groups excluding carboxylic acids is 3. The molecule has 0 bridgehead atoms. The second kappa shape index (κ2) is 8.87. The van der Waals surface area contributed by atoms with E-state index < -0.39 is 51.7 Å². The first-order valence-electron chi connectivity index (χ1n) is 13.2. The summed E-state index contributed by atoms with van der Waals surface area (Å²) in [6.07, 6.45) is 0.822. The molecule has 1 aromatic heterocycles. The number of halogens is 1. The molecular weight excluding hydrogens is 554 g/mol. The molecule has 3 aliphatic carbocycles. The zero-order chi connectivity index (χ0) is 29.8. The number of anilines is 1. The summed E-state index contributed by atoms with van der Waals surface area (Å²) in [4.78, 5) is 41.1. The Labute approximate surface area is 236 Å². The number of aliphatic hydroxyl groups excluding tert-OH is 2. The van der Waals surface area contributed by atoms with Gasteiger partial charge in [0.15, 0.2) is 17.2 Å². The molecule has 4 aliphatic rings. The average Bonchev–Trinajstić information content (AvgIpc) is 3.31. The first kappa shape index (κ1) is 27.4. The standard InChI is InChI=1S/C28H30FN4O7P/c1-10-5-16(32-40-10)26(39)31-15-8-14(29)12-6-11-7-13-20(33(3)4)23(36)19(25(30)38)27(2)9-41-28(13,27)24(37)17(11)22(35)18(12)21(15)34/h5,8,11,13,20,34,36-37,41H,6-7,9H2,1-4H3,(H2,30,38)(H,31,39)/t11-,13-,20-,27-,28-/m0/s1. The number of phenols is 1. The van der Waals surface area contributed by atoms with Crippen LogP contribution in [0.1, 0.15) is 45.5 Å². The van der Waals surface area contributed by atoms with Gasteiger partial charge >= 0.3 is 0 Å². The molecule has 1 spiro atoms. The Balaban J connectivity index is 1.48. The monoisotopic (exact) mass is 584 g/mol. The van der Waals surface area contributed by atoms with Crippen molar-refractivity contribution in [1.82, 2.24) is 10.1 Å². The second-order valence-corrected chi connectivity index (χ2v) is 13.2. The molecule has 2 amide bonds. The fraction of sp³-hybridized carbons (Fsp3) is 0.429. The number of rotatable bonds is 4. The minimum absolute atomic E-state index is 0.0102. The lowest BCUT2D eigenvalue weighted by atomic mass is 9.52. The van der Waals surface area contributed by atoms with Crippen LogP contribution in [0, 0.1) is 30.0 Å². The van der Waals surface area contributed by atoms with Gasteiger partial charge in [-0.1, -0.05) is 12.1 Å². The molecule has 1 aliphatic heterocycles. The molecule has 216 valence electrons. The number of aromatic hydroxyl groups is 1. The lowest BCUT2D eigenvalue weighted by Gasteiger charge is -2.67. The maximum atomic E-state index is 15.5. The molecule has 11 nitrogen and oxygen atoms in total. The second-order valence-electron chi connectivity index (χ2n) is 11.7. The summed E-state index contributed by atoms with van der Waals surface area (Å²) in [6.45, 7) is 3.36. The third-order valence-corrected chi connectivity index (χ3v) is 12.0. The molecule has 6 atom stereocenters. The van der Waals surface area contributed by atoms with E-state index in [0.29, 0.717) is 18.3 Å². The normalized spacial score (nSPS) is 30.9. The fourth-order valence-electron chi connectivity index (χ4n) is 7.62. The Morgan fingerprint density at radius 3 is 2.54 bits per heavy atom. The number of hydrogen-bond acceptors (Lipinski definition) is 9. The molecule has 6 N–H and O–H groups in total. The van der Waals surface area contributed by atoms with Gasteiger partial charge in [-0.15, -0.1) is 8.58 Å². The van der Waals surface area contributed by atoms with Gasteiger partial charge in [0.05, 0.1) is 28.0 Å². The van der Waals surface area contributed by atoms with Crippen molar-refractivity contribution in [2.45, 2.75) is 37.9 Å². The SMILES string of the molecule is Cc1cc(C(=O)Nc2cc(F)c3c(c2O)C(=O)C2=C(O)[C@]45PC[C@@]4(C)C(C(N)=O)=C(O)[C@@H](N(C)C)[C@@H]5C[C@@H]2C3)no1. The molecular formula is C28H30FN4O7P. The zero-order valence-electron chi connectivity index (χ0n) is 22.8. The number of nitrogens with zero attached hydrogens (tertiary/aromatic N) is 2. The zero-order valence-corrected chi connectivity index (χ0v) is 23.8. The highest BCUT2D eigenvalue weighted by Gasteiger charge is 2.72. The van der Waals surface area contributed by atoms with Crippen LogP contribution in [0.4, 0.5) is 10.1 Å². The Kier molecular flexibility index (Phi) is 5.93. The van der Waals surface area contributed by atoms with E-state index in [1.165, 1.54) is 6.07 Å². The number of primary amides is 1. The van der Waals surface area contributed by atoms with E-state index in [1.54, 1.807) is 32.8 Å². The maximum Gasteiger partial charge on any atom is 0.277 e. The lowest BCUT2D eigenvalue weighted by molar-refractivity contribution is -0.117. The predicted molar refractivity (Wildman–Crippen MR) is 147 cm³/mol. The summed E-state index contributed by atoms with van der Waals surface area (Å²) in [7, 11) is 3.64. The summed E-state index contributed by atoms with van der Waals surface area (Å²) in [5.74, 6) is -4.67. The molecule has 2 heterocycles. The molecule has 1 unspecified atom stereocenters. The fourth-order valence-corrected chi connectivity index (χ4v) is 9.85. The van der Waals surface area contributed by atoms with Crippen molar-refractivity contribution in [3.63, 3.8) is 0 Å². The summed E-state index contributed by atoms with van der Waals surface area (Å²) in [5.41, 5.74) is 4.08. The number of carbonyl (C=O) groups is 3. The largest absolute Gasteiger partial charge is 0.511 e.